The third-order valence-electron chi connectivity index (χ3n) is 2.60. The van der Waals surface area contributed by atoms with Crippen molar-refractivity contribution >= 4 is 5.91 Å². The van der Waals surface area contributed by atoms with Crippen molar-refractivity contribution in [1.29, 1.82) is 0 Å². The van der Waals surface area contributed by atoms with Crippen LogP contribution >= 0.6 is 0 Å². The van der Waals surface area contributed by atoms with Gasteiger partial charge in [0.1, 0.15) is 5.82 Å². The summed E-state index contributed by atoms with van der Waals surface area (Å²) in [5.41, 5.74) is 2.09. The van der Waals surface area contributed by atoms with E-state index < -0.39 is 0 Å². The number of hydrogen-bond acceptors (Lipinski definition) is 3. The van der Waals surface area contributed by atoms with Gasteiger partial charge in [-0.25, -0.2) is 9.97 Å². The van der Waals surface area contributed by atoms with Crippen molar-refractivity contribution in [3.8, 4) is 0 Å². The van der Waals surface area contributed by atoms with Gasteiger partial charge in [-0.2, -0.15) is 0 Å². The van der Waals surface area contributed by atoms with E-state index in [1.807, 2.05) is 34.6 Å². The summed E-state index contributed by atoms with van der Waals surface area (Å²) in [6.07, 6.45) is 0.913. The number of amides is 1. The molecule has 16 heavy (non-hydrogen) atoms. The standard InChI is InChI=1S/C12H19N3O/c1-6-7(2)13-12(16)11-8(3)14-10(5)15-9(11)4/h7H,6H2,1-5H3,(H,13,16). The topological polar surface area (TPSA) is 54.9 Å². The lowest BCUT2D eigenvalue weighted by Crippen LogP contribution is -2.33. The largest absolute Gasteiger partial charge is 0.349 e. The lowest BCUT2D eigenvalue weighted by Gasteiger charge is -2.14. The maximum atomic E-state index is 12.0. The van der Waals surface area contributed by atoms with Gasteiger partial charge in [0, 0.05) is 6.04 Å². The quantitative estimate of drug-likeness (QED) is 0.848. The van der Waals surface area contributed by atoms with Crippen LogP contribution in [0.1, 0.15) is 47.8 Å². The minimum absolute atomic E-state index is 0.0793. The van der Waals surface area contributed by atoms with Crippen LogP contribution in [-0.4, -0.2) is 21.9 Å². The Kier molecular flexibility index (Phi) is 3.99. The number of carbonyl (C=O) groups is 1. The van der Waals surface area contributed by atoms with E-state index in [1.165, 1.54) is 0 Å². The first-order chi connectivity index (χ1) is 7.45. The van der Waals surface area contributed by atoms with Crippen LogP contribution in [0.2, 0.25) is 0 Å². The Balaban J connectivity index is 3.00. The predicted octanol–water partition coefficient (Wildman–Crippen LogP) is 1.93. The molecule has 0 saturated heterocycles. The zero-order chi connectivity index (χ0) is 12.3. The van der Waals surface area contributed by atoms with Crippen molar-refractivity contribution in [2.45, 2.75) is 47.1 Å². The lowest BCUT2D eigenvalue weighted by molar-refractivity contribution is 0.0937. The van der Waals surface area contributed by atoms with Gasteiger partial charge in [-0.05, 0) is 34.1 Å². The average molecular weight is 221 g/mol. The third kappa shape index (κ3) is 2.78. The van der Waals surface area contributed by atoms with Crippen molar-refractivity contribution in [3.05, 3.63) is 22.8 Å². The molecular formula is C12H19N3O. The Hall–Kier alpha value is -1.45. The molecule has 1 rings (SSSR count). The number of hydrogen-bond donors (Lipinski definition) is 1. The molecule has 88 valence electrons. The van der Waals surface area contributed by atoms with Crippen LogP contribution in [-0.2, 0) is 0 Å². The summed E-state index contributed by atoms with van der Waals surface area (Å²) < 4.78 is 0. The van der Waals surface area contributed by atoms with Gasteiger partial charge in [-0.3, -0.25) is 4.79 Å². The van der Waals surface area contributed by atoms with Crippen molar-refractivity contribution in [1.82, 2.24) is 15.3 Å². The summed E-state index contributed by atoms with van der Waals surface area (Å²) in [6.45, 7) is 9.53. The molecule has 1 aromatic heterocycles. The van der Waals surface area contributed by atoms with E-state index in [-0.39, 0.29) is 11.9 Å². The highest BCUT2D eigenvalue weighted by Crippen LogP contribution is 2.10. The minimum atomic E-state index is -0.0793. The Morgan fingerprint density at radius 3 is 2.19 bits per heavy atom. The maximum absolute atomic E-state index is 12.0. The van der Waals surface area contributed by atoms with Crippen LogP contribution in [0.15, 0.2) is 0 Å². The van der Waals surface area contributed by atoms with E-state index in [9.17, 15) is 4.79 Å². The summed E-state index contributed by atoms with van der Waals surface area (Å²) in [7, 11) is 0. The summed E-state index contributed by atoms with van der Waals surface area (Å²) in [4.78, 5) is 20.4. The van der Waals surface area contributed by atoms with E-state index in [0.29, 0.717) is 11.4 Å². The van der Waals surface area contributed by atoms with Crippen LogP contribution in [0.25, 0.3) is 0 Å². The maximum Gasteiger partial charge on any atom is 0.255 e. The number of nitrogens with one attached hydrogen (secondary N) is 1. The molecule has 0 saturated carbocycles. The van der Waals surface area contributed by atoms with E-state index in [2.05, 4.69) is 15.3 Å². The monoisotopic (exact) mass is 221 g/mol. The molecule has 0 fully saturated rings. The minimum Gasteiger partial charge on any atom is -0.349 e. The number of rotatable bonds is 3. The smallest absolute Gasteiger partial charge is 0.255 e. The molecule has 1 atom stereocenters. The summed E-state index contributed by atoms with van der Waals surface area (Å²) in [5, 5.41) is 2.93. The van der Waals surface area contributed by atoms with Gasteiger partial charge >= 0.3 is 0 Å². The molecule has 1 N–H and O–H groups in total. The highest BCUT2D eigenvalue weighted by atomic mass is 16.1. The zero-order valence-electron chi connectivity index (χ0n) is 10.6. The third-order valence-corrected chi connectivity index (χ3v) is 2.60. The number of carbonyl (C=O) groups excluding carboxylic acids is 1. The molecule has 1 unspecified atom stereocenters. The molecule has 0 aliphatic carbocycles. The molecule has 0 spiro atoms. The molecular weight excluding hydrogens is 202 g/mol. The van der Waals surface area contributed by atoms with Gasteiger partial charge in [0.2, 0.25) is 0 Å². The molecule has 1 heterocycles. The fourth-order valence-electron chi connectivity index (χ4n) is 1.61. The average Bonchev–Trinajstić information content (AvgIpc) is 2.15. The first-order valence-electron chi connectivity index (χ1n) is 5.58. The normalized spacial score (nSPS) is 12.3. The molecule has 4 heteroatoms. The first-order valence-corrected chi connectivity index (χ1v) is 5.58. The van der Waals surface area contributed by atoms with Crippen molar-refractivity contribution in [3.63, 3.8) is 0 Å². The van der Waals surface area contributed by atoms with Crippen LogP contribution in [0.5, 0.6) is 0 Å². The van der Waals surface area contributed by atoms with Crippen LogP contribution in [0.4, 0.5) is 0 Å². The molecule has 1 amide bonds. The summed E-state index contributed by atoms with van der Waals surface area (Å²) in [6, 6.07) is 0.174. The highest BCUT2D eigenvalue weighted by molar-refractivity contribution is 5.96. The molecule has 0 aliphatic heterocycles. The molecule has 0 radical (unpaired) electrons. The molecule has 0 aromatic carbocycles. The number of aromatic nitrogens is 2. The SMILES string of the molecule is CCC(C)NC(=O)c1c(C)nc(C)nc1C. The van der Waals surface area contributed by atoms with Crippen molar-refractivity contribution in [2.75, 3.05) is 0 Å². The van der Waals surface area contributed by atoms with E-state index >= 15 is 0 Å². The number of aryl methyl sites for hydroxylation is 3. The van der Waals surface area contributed by atoms with Gasteiger partial charge in [0.15, 0.2) is 0 Å². The van der Waals surface area contributed by atoms with Gasteiger partial charge in [-0.15, -0.1) is 0 Å². The Labute approximate surface area is 96.5 Å². The lowest BCUT2D eigenvalue weighted by atomic mass is 10.1. The second-order valence-corrected chi connectivity index (χ2v) is 4.10. The molecule has 4 nitrogen and oxygen atoms in total. The Morgan fingerprint density at radius 1 is 1.25 bits per heavy atom. The first kappa shape index (κ1) is 12.6. The van der Waals surface area contributed by atoms with Gasteiger partial charge < -0.3 is 5.32 Å². The summed E-state index contributed by atoms with van der Waals surface area (Å²) in [5.74, 6) is 0.624. The Bertz CT molecular complexity index is 378. The molecule has 0 bridgehead atoms. The van der Waals surface area contributed by atoms with Gasteiger partial charge in [-0.1, -0.05) is 6.92 Å². The van der Waals surface area contributed by atoms with Crippen molar-refractivity contribution in [2.24, 2.45) is 0 Å². The van der Waals surface area contributed by atoms with Crippen LogP contribution in [0, 0.1) is 20.8 Å². The fraction of sp³-hybridized carbons (Fsp3) is 0.583. The zero-order valence-corrected chi connectivity index (χ0v) is 10.6. The number of nitrogens with zero attached hydrogens (tertiary/aromatic N) is 2. The second-order valence-electron chi connectivity index (χ2n) is 4.10. The van der Waals surface area contributed by atoms with E-state index in [4.69, 9.17) is 0 Å². The fourth-order valence-corrected chi connectivity index (χ4v) is 1.61. The summed E-state index contributed by atoms with van der Waals surface area (Å²) >= 11 is 0. The molecule has 0 aliphatic rings. The van der Waals surface area contributed by atoms with Gasteiger partial charge in [0.25, 0.3) is 5.91 Å². The molecule has 1 aromatic rings. The Morgan fingerprint density at radius 2 is 1.75 bits per heavy atom. The van der Waals surface area contributed by atoms with Crippen LogP contribution in [0.3, 0.4) is 0 Å². The van der Waals surface area contributed by atoms with Crippen LogP contribution < -0.4 is 5.32 Å². The van der Waals surface area contributed by atoms with E-state index in [0.717, 1.165) is 17.8 Å². The second kappa shape index (κ2) is 5.05. The van der Waals surface area contributed by atoms with E-state index in [1.54, 1.807) is 0 Å². The predicted molar refractivity (Wildman–Crippen MR) is 63.5 cm³/mol. The highest BCUT2D eigenvalue weighted by Gasteiger charge is 2.16. The van der Waals surface area contributed by atoms with Crippen molar-refractivity contribution < 1.29 is 4.79 Å². The van der Waals surface area contributed by atoms with Gasteiger partial charge in [0.05, 0.1) is 17.0 Å².